The first-order valence-corrected chi connectivity index (χ1v) is 7.05. The quantitative estimate of drug-likeness (QED) is 0.562. The maximum absolute atomic E-state index is 3.75. The highest BCUT2D eigenvalue weighted by Crippen LogP contribution is 2.36. The lowest BCUT2D eigenvalue weighted by atomic mass is 9.99. The van der Waals surface area contributed by atoms with Crippen LogP contribution >= 0.6 is 15.9 Å². The Morgan fingerprint density at radius 3 is 1.32 bits per heavy atom. The molecule has 0 N–H and O–H groups in total. The highest BCUT2D eigenvalue weighted by atomic mass is 79.9. The third-order valence-electron chi connectivity index (χ3n) is 3.17. The van der Waals surface area contributed by atoms with E-state index in [1.54, 1.807) is 0 Å². The Labute approximate surface area is 121 Å². The summed E-state index contributed by atoms with van der Waals surface area (Å²) < 4.78 is 1.15. The number of benzene rings is 3. The minimum atomic E-state index is 1.15. The molecule has 0 heterocycles. The summed E-state index contributed by atoms with van der Waals surface area (Å²) in [6.45, 7) is 0. The molecule has 0 spiro atoms. The second-order valence-corrected chi connectivity index (χ2v) is 5.19. The third-order valence-corrected chi connectivity index (χ3v) is 4.02. The van der Waals surface area contributed by atoms with Gasteiger partial charge in [-0.25, -0.2) is 0 Å². The van der Waals surface area contributed by atoms with E-state index in [1.165, 1.54) is 22.3 Å². The first kappa shape index (κ1) is 12.2. The molecule has 0 radical (unpaired) electrons. The zero-order chi connectivity index (χ0) is 13.1. The van der Waals surface area contributed by atoms with Crippen LogP contribution < -0.4 is 0 Å². The molecule has 0 aliphatic heterocycles. The van der Waals surface area contributed by atoms with Crippen LogP contribution in [-0.2, 0) is 0 Å². The van der Waals surface area contributed by atoms with Crippen molar-refractivity contribution in [2.45, 2.75) is 0 Å². The maximum Gasteiger partial charge on any atom is 0.0332 e. The zero-order valence-corrected chi connectivity index (χ0v) is 12.0. The summed E-state index contributed by atoms with van der Waals surface area (Å²) in [5, 5.41) is 0. The van der Waals surface area contributed by atoms with E-state index in [0.717, 1.165) is 4.47 Å². The second-order valence-electron chi connectivity index (χ2n) is 4.40. The van der Waals surface area contributed by atoms with E-state index in [-0.39, 0.29) is 0 Å². The molecule has 3 aromatic rings. The molecule has 3 rings (SSSR count). The molecule has 92 valence electrons. The molecule has 0 saturated carbocycles. The minimum Gasteiger partial charge on any atom is -0.0622 e. The molecule has 0 nitrogen and oxygen atoms in total. The van der Waals surface area contributed by atoms with Crippen molar-refractivity contribution >= 4 is 15.9 Å². The molecule has 0 atom stereocenters. The highest BCUT2D eigenvalue weighted by Gasteiger charge is 2.08. The summed E-state index contributed by atoms with van der Waals surface area (Å²) in [5.74, 6) is 0. The van der Waals surface area contributed by atoms with Crippen LogP contribution in [0.3, 0.4) is 0 Å². The highest BCUT2D eigenvalue weighted by molar-refractivity contribution is 9.10. The van der Waals surface area contributed by atoms with Gasteiger partial charge in [-0.1, -0.05) is 78.9 Å². The van der Waals surface area contributed by atoms with Crippen LogP contribution in [0.25, 0.3) is 22.3 Å². The van der Waals surface area contributed by atoms with Gasteiger partial charge in [-0.05, 0) is 38.2 Å². The largest absolute Gasteiger partial charge is 0.0622 e. The van der Waals surface area contributed by atoms with E-state index < -0.39 is 0 Å². The fourth-order valence-electron chi connectivity index (χ4n) is 2.21. The number of halogens is 1. The van der Waals surface area contributed by atoms with Crippen LogP contribution in [0.5, 0.6) is 0 Å². The summed E-state index contributed by atoms with van der Waals surface area (Å²) in [6, 6.07) is 27.3. The molecule has 0 saturated heterocycles. The first-order valence-electron chi connectivity index (χ1n) is 6.25. The Morgan fingerprint density at radius 1 is 0.474 bits per heavy atom. The Hall–Kier alpha value is -1.86. The van der Waals surface area contributed by atoms with Crippen molar-refractivity contribution in [3.8, 4) is 22.3 Å². The lowest BCUT2D eigenvalue weighted by Crippen LogP contribution is -1.84. The average Bonchev–Trinajstić information content (AvgIpc) is 2.49. The van der Waals surface area contributed by atoms with Gasteiger partial charge in [0, 0.05) is 4.47 Å². The monoisotopic (exact) mass is 308 g/mol. The van der Waals surface area contributed by atoms with Crippen molar-refractivity contribution in [1.29, 1.82) is 0 Å². The maximum atomic E-state index is 3.75. The minimum absolute atomic E-state index is 1.15. The van der Waals surface area contributed by atoms with E-state index in [4.69, 9.17) is 0 Å². The van der Waals surface area contributed by atoms with E-state index in [1.807, 2.05) is 12.1 Å². The van der Waals surface area contributed by atoms with Gasteiger partial charge in [-0.3, -0.25) is 0 Å². The lowest BCUT2D eigenvalue weighted by molar-refractivity contribution is 1.55. The van der Waals surface area contributed by atoms with Crippen molar-refractivity contribution in [1.82, 2.24) is 0 Å². The molecule has 19 heavy (non-hydrogen) atoms. The van der Waals surface area contributed by atoms with E-state index in [9.17, 15) is 0 Å². The van der Waals surface area contributed by atoms with Gasteiger partial charge in [0.15, 0.2) is 0 Å². The Kier molecular flexibility index (Phi) is 3.47. The topological polar surface area (TPSA) is 0 Å². The molecule has 0 amide bonds. The van der Waals surface area contributed by atoms with Gasteiger partial charge in [0.05, 0.1) is 0 Å². The van der Waals surface area contributed by atoms with Gasteiger partial charge in [0.1, 0.15) is 0 Å². The summed E-state index contributed by atoms with van der Waals surface area (Å²) in [6.07, 6.45) is 0. The van der Waals surface area contributed by atoms with Crippen LogP contribution in [0.15, 0.2) is 83.3 Å². The van der Waals surface area contributed by atoms with Crippen LogP contribution in [0, 0.1) is 0 Å². The smallest absolute Gasteiger partial charge is 0.0332 e. The van der Waals surface area contributed by atoms with Gasteiger partial charge in [-0.15, -0.1) is 0 Å². The third kappa shape index (κ3) is 2.47. The normalized spacial score (nSPS) is 10.4. The van der Waals surface area contributed by atoms with Gasteiger partial charge in [0.25, 0.3) is 0 Å². The number of hydrogen-bond acceptors (Lipinski definition) is 0. The number of hydrogen-bond donors (Lipinski definition) is 0. The number of rotatable bonds is 2. The predicted molar refractivity (Wildman–Crippen MR) is 85.0 cm³/mol. The van der Waals surface area contributed by atoms with Crippen LogP contribution in [0.4, 0.5) is 0 Å². The van der Waals surface area contributed by atoms with Crippen LogP contribution in [0.2, 0.25) is 0 Å². The lowest BCUT2D eigenvalue weighted by Gasteiger charge is -2.10. The van der Waals surface area contributed by atoms with Crippen LogP contribution in [-0.4, -0.2) is 0 Å². The second kappa shape index (κ2) is 5.41. The summed E-state index contributed by atoms with van der Waals surface area (Å²) in [5.41, 5.74) is 4.91. The van der Waals surface area contributed by atoms with Gasteiger partial charge >= 0.3 is 0 Å². The first-order chi connectivity index (χ1) is 9.36. The summed E-state index contributed by atoms with van der Waals surface area (Å²) >= 11 is 3.75. The molecule has 0 bridgehead atoms. The SMILES string of the molecule is Brc1c(-c2ccccc2)cccc1-c1ccccc1. The predicted octanol–water partition coefficient (Wildman–Crippen LogP) is 5.78. The molecule has 0 unspecified atom stereocenters. The van der Waals surface area contributed by atoms with Crippen molar-refractivity contribution < 1.29 is 0 Å². The van der Waals surface area contributed by atoms with Crippen molar-refractivity contribution in [3.63, 3.8) is 0 Å². The average molecular weight is 309 g/mol. The molecular weight excluding hydrogens is 296 g/mol. The Morgan fingerprint density at radius 2 is 0.895 bits per heavy atom. The molecule has 0 aliphatic carbocycles. The zero-order valence-electron chi connectivity index (χ0n) is 10.4. The van der Waals surface area contributed by atoms with Gasteiger partial charge in [-0.2, -0.15) is 0 Å². The van der Waals surface area contributed by atoms with Crippen molar-refractivity contribution in [3.05, 3.63) is 83.3 Å². The fourth-order valence-corrected chi connectivity index (χ4v) is 2.94. The van der Waals surface area contributed by atoms with E-state index in [0.29, 0.717) is 0 Å². The van der Waals surface area contributed by atoms with Gasteiger partial charge in [0.2, 0.25) is 0 Å². The molecule has 1 heteroatoms. The summed E-state index contributed by atoms with van der Waals surface area (Å²) in [7, 11) is 0. The van der Waals surface area contributed by atoms with Crippen LogP contribution in [0.1, 0.15) is 0 Å². The van der Waals surface area contributed by atoms with Gasteiger partial charge < -0.3 is 0 Å². The standard InChI is InChI=1S/C18H13Br/c19-18-16(14-8-3-1-4-9-14)12-7-13-17(18)15-10-5-2-6-11-15/h1-13H. The Bertz CT molecular complexity index is 615. The molecule has 0 aliphatic rings. The molecule has 3 aromatic carbocycles. The van der Waals surface area contributed by atoms with E-state index >= 15 is 0 Å². The molecule has 0 fully saturated rings. The Balaban J connectivity index is 2.15. The fraction of sp³-hybridized carbons (Fsp3) is 0. The van der Waals surface area contributed by atoms with E-state index in [2.05, 4.69) is 82.7 Å². The molecular formula is C18H13Br. The molecule has 0 aromatic heterocycles. The van der Waals surface area contributed by atoms with Crippen molar-refractivity contribution in [2.75, 3.05) is 0 Å². The van der Waals surface area contributed by atoms with Crippen molar-refractivity contribution in [2.24, 2.45) is 0 Å². The summed E-state index contributed by atoms with van der Waals surface area (Å²) in [4.78, 5) is 0.